The predicted molar refractivity (Wildman–Crippen MR) is 136 cm³/mol. The van der Waals surface area contributed by atoms with Crippen LogP contribution in [-0.4, -0.2) is 70.9 Å². The minimum atomic E-state index is -3.86. The monoisotopic (exact) mass is 568 g/mol. The van der Waals surface area contributed by atoms with Crippen LogP contribution in [0.1, 0.15) is 12.8 Å². The van der Waals surface area contributed by atoms with Crippen LogP contribution in [0.5, 0.6) is 0 Å². The van der Waals surface area contributed by atoms with Gasteiger partial charge in [0.1, 0.15) is 22.8 Å². The second-order valence-corrected chi connectivity index (χ2v) is 10.7. The highest BCUT2D eigenvalue weighted by molar-refractivity contribution is 7.93. The number of nitrogens with zero attached hydrogens (tertiary/aromatic N) is 1. The Bertz CT molecular complexity index is 1300. The fourth-order valence-corrected chi connectivity index (χ4v) is 4.94. The molecule has 0 aliphatic heterocycles. The first kappa shape index (κ1) is 30.2. The number of anilines is 1. The molecule has 0 heterocycles. The molecule has 0 fully saturated rings. The number of nitrogens with one attached hydrogen (secondary N) is 2. The van der Waals surface area contributed by atoms with E-state index in [4.69, 9.17) is 21.7 Å². The van der Waals surface area contributed by atoms with Gasteiger partial charge in [0, 0.05) is 29.1 Å². The molecule has 38 heavy (non-hydrogen) atoms. The molecule has 2 rings (SSSR count). The summed E-state index contributed by atoms with van der Waals surface area (Å²) >= 11 is 0.555. The molecule has 0 aliphatic carbocycles. The van der Waals surface area contributed by atoms with Crippen molar-refractivity contribution in [2.24, 2.45) is 5.73 Å². The van der Waals surface area contributed by atoms with Crippen LogP contribution < -0.4 is 22.1 Å². The standard InChI is InChI=1S/C22H25N5O9S2/c23-13-1-5-15(6-2-13)38(35,36)16-7-3-14(4-8-16)27(34)37-12-18(21(31)25-11-20(29)30)26-19(28)10-9-17(24)22(32)33/h1-8,17-18H,9-12,23-24H2,(H3-,25,26,28,29,30,31,32,33)/p+1/t17-,18-/m0/s1. The van der Waals surface area contributed by atoms with E-state index in [0.29, 0.717) is 21.8 Å². The summed E-state index contributed by atoms with van der Waals surface area (Å²) in [5.41, 5.74) is 11.4. The van der Waals surface area contributed by atoms with Crippen molar-refractivity contribution in [2.45, 2.75) is 34.7 Å². The molecule has 2 aromatic carbocycles. The molecule has 16 heteroatoms. The van der Waals surface area contributed by atoms with E-state index in [1.807, 2.05) is 0 Å². The maximum atomic E-state index is 12.8. The highest BCUT2D eigenvalue weighted by atomic mass is 32.2. The van der Waals surface area contributed by atoms with Gasteiger partial charge < -0.3 is 32.3 Å². The highest BCUT2D eigenvalue weighted by Crippen LogP contribution is 2.26. The Hall–Kier alpha value is -4.02. The van der Waals surface area contributed by atoms with Gasteiger partial charge in [-0.3, -0.25) is 19.2 Å². The largest absolute Gasteiger partial charge is 0.480 e. The number of carbonyl (C=O) groups excluding carboxylic acids is 2. The number of sulfone groups is 1. The van der Waals surface area contributed by atoms with Gasteiger partial charge in [-0.05, 0) is 42.8 Å². The van der Waals surface area contributed by atoms with Crippen molar-refractivity contribution < 1.29 is 42.0 Å². The molecule has 0 unspecified atom stereocenters. The second kappa shape index (κ2) is 13.5. The Morgan fingerprint density at radius 1 is 0.974 bits per heavy atom. The minimum absolute atomic E-state index is 0.0167. The van der Waals surface area contributed by atoms with Gasteiger partial charge in [0.25, 0.3) is 5.69 Å². The van der Waals surface area contributed by atoms with Crippen molar-refractivity contribution in [3.8, 4) is 0 Å². The number of amides is 2. The molecule has 0 bridgehead atoms. The van der Waals surface area contributed by atoms with E-state index in [0.717, 1.165) is 0 Å². The van der Waals surface area contributed by atoms with Crippen molar-refractivity contribution >= 4 is 56.9 Å². The zero-order valence-corrected chi connectivity index (χ0v) is 21.4. The number of nitrogens with two attached hydrogens (primary N) is 2. The van der Waals surface area contributed by atoms with Gasteiger partial charge in [-0.1, -0.05) is 0 Å². The number of rotatable bonds is 14. The van der Waals surface area contributed by atoms with Crippen LogP contribution in [0.15, 0.2) is 58.3 Å². The average molecular weight is 569 g/mol. The summed E-state index contributed by atoms with van der Waals surface area (Å²) in [5.74, 6) is -4.57. The van der Waals surface area contributed by atoms with E-state index in [1.54, 1.807) is 0 Å². The second-order valence-electron chi connectivity index (χ2n) is 7.83. The number of nitroso groups, excluding NO2 is 1. The lowest BCUT2D eigenvalue weighted by Gasteiger charge is -2.16. The Morgan fingerprint density at radius 2 is 1.53 bits per heavy atom. The minimum Gasteiger partial charge on any atom is -0.480 e. The molecule has 0 aromatic heterocycles. The summed E-state index contributed by atoms with van der Waals surface area (Å²) in [4.78, 5) is 58.7. The van der Waals surface area contributed by atoms with E-state index < -0.39 is 52.2 Å². The quantitative estimate of drug-likeness (QED) is 0.101. The topological polar surface area (TPSA) is 239 Å². The van der Waals surface area contributed by atoms with Gasteiger partial charge in [0.05, 0.1) is 15.5 Å². The summed E-state index contributed by atoms with van der Waals surface area (Å²) in [5, 5.41) is 22.0. The van der Waals surface area contributed by atoms with Gasteiger partial charge in [0.15, 0.2) is 0 Å². The fraction of sp³-hybridized carbons (Fsp3) is 0.273. The third-order valence-corrected chi connectivity index (χ3v) is 7.69. The molecule has 0 saturated carbocycles. The van der Waals surface area contributed by atoms with E-state index in [1.165, 1.54) is 48.5 Å². The normalized spacial score (nSPS) is 12.7. The van der Waals surface area contributed by atoms with E-state index in [9.17, 15) is 32.5 Å². The lowest BCUT2D eigenvalue weighted by Crippen LogP contribution is -2.49. The SMILES string of the molecule is Nc1ccc(S(=O)(=O)c2ccc([N+](=O)SC[C@H](NC(=O)CC[C@H](N)C(=O)O)C(=O)NCC(=O)O)cc2)cc1. The summed E-state index contributed by atoms with van der Waals surface area (Å²) in [7, 11) is -3.86. The number of carbonyl (C=O) groups is 4. The lowest BCUT2D eigenvalue weighted by molar-refractivity contribution is -0.265. The average Bonchev–Trinajstić information content (AvgIpc) is 2.88. The number of carboxylic acid groups (broad SMARTS) is 2. The first-order valence-corrected chi connectivity index (χ1v) is 13.3. The third-order valence-electron chi connectivity index (χ3n) is 4.97. The summed E-state index contributed by atoms with van der Waals surface area (Å²) in [6.07, 6.45) is -0.539. The van der Waals surface area contributed by atoms with E-state index in [2.05, 4.69) is 10.6 Å². The first-order valence-electron chi connectivity index (χ1n) is 10.9. The van der Waals surface area contributed by atoms with Gasteiger partial charge in [-0.15, -0.1) is 0 Å². The summed E-state index contributed by atoms with van der Waals surface area (Å²) < 4.78 is 25.9. The molecule has 204 valence electrons. The van der Waals surface area contributed by atoms with E-state index in [-0.39, 0.29) is 34.1 Å². The Kier molecular flexibility index (Phi) is 10.7. The summed E-state index contributed by atoms with van der Waals surface area (Å²) in [6, 6.07) is 7.95. The highest BCUT2D eigenvalue weighted by Gasteiger charge is 2.28. The Labute approximate surface area is 221 Å². The van der Waals surface area contributed by atoms with E-state index >= 15 is 0 Å². The Morgan fingerprint density at radius 3 is 2.05 bits per heavy atom. The van der Waals surface area contributed by atoms with Crippen LogP contribution >= 0.6 is 11.9 Å². The number of aliphatic carboxylic acids is 2. The number of hydrogen-bond acceptors (Lipinski definition) is 10. The molecule has 2 aromatic rings. The van der Waals surface area contributed by atoms with Crippen molar-refractivity contribution in [3.63, 3.8) is 0 Å². The Balaban J connectivity index is 2.07. The van der Waals surface area contributed by atoms with Crippen molar-refractivity contribution in [3.05, 3.63) is 53.4 Å². The van der Waals surface area contributed by atoms with Crippen LogP contribution in [0.4, 0.5) is 11.4 Å². The third kappa shape index (κ3) is 8.82. The molecular weight excluding hydrogens is 542 g/mol. The van der Waals surface area contributed by atoms with Crippen molar-refractivity contribution in [1.29, 1.82) is 0 Å². The molecule has 2 atom stereocenters. The molecule has 0 radical (unpaired) electrons. The van der Waals surface area contributed by atoms with Gasteiger partial charge in [0.2, 0.25) is 33.6 Å². The van der Waals surface area contributed by atoms with Crippen LogP contribution in [0.25, 0.3) is 0 Å². The van der Waals surface area contributed by atoms with Gasteiger partial charge in [-0.2, -0.15) is 0 Å². The van der Waals surface area contributed by atoms with Crippen LogP contribution in [0.2, 0.25) is 0 Å². The van der Waals surface area contributed by atoms with Crippen molar-refractivity contribution in [2.75, 3.05) is 18.0 Å². The number of carboxylic acids is 2. The van der Waals surface area contributed by atoms with Gasteiger partial charge >= 0.3 is 11.9 Å². The number of hydrogen-bond donors (Lipinski definition) is 6. The zero-order valence-electron chi connectivity index (χ0n) is 19.8. The number of nitrogen functional groups attached to an aromatic ring is 1. The molecular formula is C22H26N5O9S2+. The smallest absolute Gasteiger partial charge is 0.322 e. The van der Waals surface area contributed by atoms with Crippen LogP contribution in [0.3, 0.4) is 0 Å². The summed E-state index contributed by atoms with van der Waals surface area (Å²) in [6.45, 7) is -0.731. The predicted octanol–water partition coefficient (Wildman–Crippen LogP) is 0.0379. The molecule has 0 spiro atoms. The molecule has 8 N–H and O–H groups in total. The molecule has 14 nitrogen and oxygen atoms in total. The fourth-order valence-electron chi connectivity index (χ4n) is 2.89. The lowest BCUT2D eigenvalue weighted by atomic mass is 10.1. The maximum Gasteiger partial charge on any atom is 0.322 e. The van der Waals surface area contributed by atoms with Crippen LogP contribution in [0, 0.1) is 4.91 Å². The maximum absolute atomic E-state index is 12.8. The van der Waals surface area contributed by atoms with Gasteiger partial charge in [-0.25, -0.2) is 8.42 Å². The zero-order chi connectivity index (χ0) is 28.5. The molecule has 0 saturated heterocycles. The van der Waals surface area contributed by atoms with Crippen LogP contribution in [-0.2, 0) is 29.0 Å². The molecule has 0 aliphatic rings. The van der Waals surface area contributed by atoms with Crippen molar-refractivity contribution in [1.82, 2.24) is 10.6 Å². The molecule has 2 amide bonds. The first-order chi connectivity index (χ1) is 17.8. The number of benzene rings is 2.